The van der Waals surface area contributed by atoms with Gasteiger partial charge in [-0.2, -0.15) is 5.10 Å². The van der Waals surface area contributed by atoms with E-state index >= 15 is 0 Å². The highest BCUT2D eigenvalue weighted by Crippen LogP contribution is 2.01. The summed E-state index contributed by atoms with van der Waals surface area (Å²) >= 11 is 0. The molecule has 0 aromatic carbocycles. The third-order valence-electron chi connectivity index (χ3n) is 2.06. The molecular weight excluding hydrogens is 190 g/mol. The summed E-state index contributed by atoms with van der Waals surface area (Å²) in [5.41, 5.74) is 2.17. The van der Waals surface area contributed by atoms with Crippen molar-refractivity contribution in [1.29, 1.82) is 0 Å². The predicted octanol–water partition coefficient (Wildman–Crippen LogP) is 0.441. The second kappa shape index (κ2) is 4.65. The van der Waals surface area contributed by atoms with Gasteiger partial charge in [0.15, 0.2) is 0 Å². The summed E-state index contributed by atoms with van der Waals surface area (Å²) in [6.07, 6.45) is 5.08. The Bertz CT molecular complexity index is 392. The van der Waals surface area contributed by atoms with Gasteiger partial charge < -0.3 is 5.32 Å². The van der Waals surface area contributed by atoms with Crippen LogP contribution in [0, 0.1) is 0 Å². The summed E-state index contributed by atoms with van der Waals surface area (Å²) in [5, 5.41) is 7.10. The van der Waals surface area contributed by atoms with Crippen molar-refractivity contribution in [3.63, 3.8) is 0 Å². The first-order valence-corrected chi connectivity index (χ1v) is 4.79. The monoisotopic (exact) mass is 203 g/mol. The van der Waals surface area contributed by atoms with Gasteiger partial charge in [0.2, 0.25) is 0 Å². The highest BCUT2D eigenvalue weighted by Gasteiger charge is 1.97. The Kier molecular flexibility index (Phi) is 3.04. The average Bonchev–Trinajstić information content (AvgIpc) is 2.74. The van der Waals surface area contributed by atoms with Crippen molar-refractivity contribution in [1.82, 2.24) is 25.1 Å². The summed E-state index contributed by atoms with van der Waals surface area (Å²) in [7, 11) is 1.92. The van der Waals surface area contributed by atoms with Crippen LogP contribution in [0.1, 0.15) is 11.3 Å². The zero-order valence-corrected chi connectivity index (χ0v) is 8.59. The lowest BCUT2D eigenvalue weighted by Crippen LogP contribution is -2.07. The summed E-state index contributed by atoms with van der Waals surface area (Å²) in [4.78, 5) is 8.22. The Balaban J connectivity index is 2.04. The van der Waals surface area contributed by atoms with Crippen LogP contribution in [0.4, 0.5) is 0 Å². The molecule has 0 fully saturated rings. The molecule has 0 saturated carbocycles. The van der Waals surface area contributed by atoms with Crippen LogP contribution < -0.4 is 5.32 Å². The minimum Gasteiger partial charge on any atom is -0.316 e. The lowest BCUT2D eigenvalue weighted by atomic mass is 10.2. The highest BCUT2D eigenvalue weighted by molar-refractivity contribution is 5.13. The lowest BCUT2D eigenvalue weighted by molar-refractivity contribution is 0.669. The molecule has 0 atom stereocenters. The zero-order chi connectivity index (χ0) is 10.5. The molecule has 2 aromatic rings. The van der Waals surface area contributed by atoms with Crippen LogP contribution >= 0.6 is 0 Å². The number of hydrogen-bond donors (Lipinski definition) is 1. The molecule has 5 heteroatoms. The van der Waals surface area contributed by atoms with Crippen molar-refractivity contribution in [2.75, 3.05) is 7.05 Å². The van der Waals surface area contributed by atoms with Crippen LogP contribution in [0.2, 0.25) is 0 Å². The molecule has 5 nitrogen and oxygen atoms in total. The molecule has 0 amide bonds. The third kappa shape index (κ3) is 2.60. The van der Waals surface area contributed by atoms with Crippen LogP contribution in [0.5, 0.6) is 0 Å². The first-order valence-electron chi connectivity index (χ1n) is 4.79. The molecule has 2 rings (SSSR count). The minimum atomic E-state index is 0.667. The summed E-state index contributed by atoms with van der Waals surface area (Å²) in [5.74, 6) is 0. The van der Waals surface area contributed by atoms with Crippen molar-refractivity contribution in [3.05, 3.63) is 42.2 Å². The van der Waals surface area contributed by atoms with Crippen molar-refractivity contribution in [2.45, 2.75) is 13.1 Å². The summed E-state index contributed by atoms with van der Waals surface area (Å²) in [6.45, 7) is 1.51. The molecule has 0 aliphatic carbocycles. The lowest BCUT2D eigenvalue weighted by Gasteiger charge is -2.02. The maximum atomic E-state index is 4.34. The van der Waals surface area contributed by atoms with E-state index < -0.39 is 0 Å². The highest BCUT2D eigenvalue weighted by atomic mass is 15.3. The van der Waals surface area contributed by atoms with Gasteiger partial charge in [0, 0.05) is 12.7 Å². The van der Waals surface area contributed by atoms with Crippen molar-refractivity contribution >= 4 is 0 Å². The van der Waals surface area contributed by atoms with E-state index in [1.807, 2.05) is 19.3 Å². The van der Waals surface area contributed by atoms with Gasteiger partial charge in [-0.05, 0) is 18.7 Å². The molecule has 0 bridgehead atoms. The molecule has 15 heavy (non-hydrogen) atoms. The fourth-order valence-corrected chi connectivity index (χ4v) is 1.34. The fraction of sp³-hybridized carbons (Fsp3) is 0.300. The smallest absolute Gasteiger partial charge is 0.137 e. The van der Waals surface area contributed by atoms with Gasteiger partial charge in [-0.25, -0.2) is 9.67 Å². The molecule has 2 heterocycles. The average molecular weight is 203 g/mol. The standard InChI is InChI=1S/C10H13N5/c1-11-4-9-2-3-10(13-5-9)6-15-8-12-7-14-15/h2-3,5,7-8,11H,4,6H2,1H3. The van der Waals surface area contributed by atoms with E-state index in [0.29, 0.717) is 6.54 Å². The van der Waals surface area contributed by atoms with E-state index in [2.05, 4.69) is 26.4 Å². The predicted molar refractivity (Wildman–Crippen MR) is 56.1 cm³/mol. The normalized spacial score (nSPS) is 10.5. The fourth-order valence-electron chi connectivity index (χ4n) is 1.34. The Morgan fingerprint density at radius 3 is 2.93 bits per heavy atom. The van der Waals surface area contributed by atoms with Gasteiger partial charge in [0.25, 0.3) is 0 Å². The molecule has 0 saturated heterocycles. The van der Waals surface area contributed by atoms with Gasteiger partial charge >= 0.3 is 0 Å². The largest absolute Gasteiger partial charge is 0.316 e. The molecule has 0 unspecified atom stereocenters. The van der Waals surface area contributed by atoms with Gasteiger partial charge in [-0.1, -0.05) is 6.07 Å². The number of rotatable bonds is 4. The number of aromatic nitrogens is 4. The summed E-state index contributed by atoms with van der Waals surface area (Å²) in [6, 6.07) is 4.07. The first-order chi connectivity index (χ1) is 7.38. The Morgan fingerprint density at radius 2 is 2.33 bits per heavy atom. The van der Waals surface area contributed by atoms with E-state index in [9.17, 15) is 0 Å². The van der Waals surface area contributed by atoms with Gasteiger partial charge in [-0.3, -0.25) is 4.98 Å². The third-order valence-corrected chi connectivity index (χ3v) is 2.06. The van der Waals surface area contributed by atoms with Crippen molar-refractivity contribution < 1.29 is 0 Å². The molecule has 78 valence electrons. The number of pyridine rings is 1. The van der Waals surface area contributed by atoms with Crippen LogP contribution in [-0.2, 0) is 13.1 Å². The van der Waals surface area contributed by atoms with Crippen LogP contribution in [0.15, 0.2) is 31.0 Å². The number of hydrogen-bond acceptors (Lipinski definition) is 4. The van der Waals surface area contributed by atoms with Gasteiger partial charge in [0.05, 0.1) is 12.2 Å². The molecular formula is C10H13N5. The summed E-state index contributed by atoms with van der Waals surface area (Å²) < 4.78 is 1.75. The zero-order valence-electron chi connectivity index (χ0n) is 8.59. The molecule has 1 N–H and O–H groups in total. The van der Waals surface area contributed by atoms with Gasteiger partial charge in [-0.15, -0.1) is 0 Å². The molecule has 0 aliphatic rings. The second-order valence-corrected chi connectivity index (χ2v) is 3.28. The SMILES string of the molecule is CNCc1ccc(Cn2cncn2)nc1. The van der Waals surface area contributed by atoms with E-state index in [1.54, 1.807) is 11.0 Å². The Labute approximate surface area is 88.2 Å². The van der Waals surface area contributed by atoms with Crippen molar-refractivity contribution in [2.24, 2.45) is 0 Å². The number of nitrogens with zero attached hydrogens (tertiary/aromatic N) is 4. The topological polar surface area (TPSA) is 55.6 Å². The van der Waals surface area contributed by atoms with E-state index in [4.69, 9.17) is 0 Å². The molecule has 2 aromatic heterocycles. The van der Waals surface area contributed by atoms with E-state index in [1.165, 1.54) is 11.9 Å². The van der Waals surface area contributed by atoms with Crippen LogP contribution in [-0.4, -0.2) is 26.8 Å². The second-order valence-electron chi connectivity index (χ2n) is 3.28. The van der Waals surface area contributed by atoms with Crippen molar-refractivity contribution in [3.8, 4) is 0 Å². The van der Waals surface area contributed by atoms with E-state index in [-0.39, 0.29) is 0 Å². The maximum absolute atomic E-state index is 4.34. The first kappa shape index (κ1) is 9.79. The van der Waals surface area contributed by atoms with Crippen LogP contribution in [0.3, 0.4) is 0 Å². The maximum Gasteiger partial charge on any atom is 0.137 e. The Hall–Kier alpha value is -1.75. The van der Waals surface area contributed by atoms with Crippen LogP contribution in [0.25, 0.3) is 0 Å². The number of nitrogens with one attached hydrogen (secondary N) is 1. The quantitative estimate of drug-likeness (QED) is 0.783. The molecule has 0 aliphatic heterocycles. The Morgan fingerprint density at radius 1 is 1.40 bits per heavy atom. The van der Waals surface area contributed by atoms with E-state index in [0.717, 1.165) is 12.2 Å². The molecule has 0 spiro atoms. The minimum absolute atomic E-state index is 0.667. The molecule has 0 radical (unpaired) electrons. The van der Waals surface area contributed by atoms with Gasteiger partial charge in [0.1, 0.15) is 12.7 Å².